The lowest BCUT2D eigenvalue weighted by Crippen LogP contribution is -2.25. The SMILES string of the molecule is COc1ccc(-n2c(SCC(=O)c3ccc4c(c3)NC(=O)CO4)nnc2-c2ccc(C)cc2)cc1. The van der Waals surface area contributed by atoms with Crippen molar-refractivity contribution >= 4 is 29.1 Å². The number of thioether (sulfide) groups is 1. The summed E-state index contributed by atoms with van der Waals surface area (Å²) in [5, 5.41) is 12.2. The summed E-state index contributed by atoms with van der Waals surface area (Å²) in [6, 6.07) is 20.7. The average Bonchev–Trinajstić information content (AvgIpc) is 3.31. The Balaban J connectivity index is 1.43. The predicted molar refractivity (Wildman–Crippen MR) is 134 cm³/mol. The number of ether oxygens (including phenoxy) is 2. The van der Waals surface area contributed by atoms with Crippen molar-refractivity contribution in [3.05, 3.63) is 77.9 Å². The van der Waals surface area contributed by atoms with Crippen molar-refractivity contribution < 1.29 is 19.1 Å². The fraction of sp³-hybridized carbons (Fsp3) is 0.154. The van der Waals surface area contributed by atoms with Crippen LogP contribution in [0.5, 0.6) is 11.5 Å². The summed E-state index contributed by atoms with van der Waals surface area (Å²) < 4.78 is 12.6. The Kier molecular flexibility index (Phi) is 6.24. The van der Waals surface area contributed by atoms with Crippen LogP contribution in [0.2, 0.25) is 0 Å². The number of nitrogens with zero attached hydrogens (tertiary/aromatic N) is 3. The molecule has 1 aliphatic rings. The smallest absolute Gasteiger partial charge is 0.262 e. The van der Waals surface area contributed by atoms with Crippen molar-refractivity contribution in [1.29, 1.82) is 0 Å². The van der Waals surface area contributed by atoms with Crippen LogP contribution in [0.15, 0.2) is 71.9 Å². The van der Waals surface area contributed by atoms with Crippen LogP contribution >= 0.6 is 11.8 Å². The lowest BCUT2D eigenvalue weighted by molar-refractivity contribution is -0.118. The Morgan fingerprint density at radius 2 is 1.86 bits per heavy atom. The van der Waals surface area contributed by atoms with E-state index in [1.54, 1.807) is 25.3 Å². The van der Waals surface area contributed by atoms with Gasteiger partial charge < -0.3 is 14.8 Å². The summed E-state index contributed by atoms with van der Waals surface area (Å²) in [4.78, 5) is 24.6. The van der Waals surface area contributed by atoms with Gasteiger partial charge in [0.1, 0.15) is 11.5 Å². The van der Waals surface area contributed by atoms with Gasteiger partial charge in [0.2, 0.25) is 0 Å². The normalized spacial score (nSPS) is 12.5. The zero-order valence-corrected chi connectivity index (χ0v) is 20.0. The molecule has 0 spiro atoms. The van der Waals surface area contributed by atoms with Crippen LogP contribution in [0.3, 0.4) is 0 Å². The first kappa shape index (κ1) is 22.7. The number of amides is 1. The monoisotopic (exact) mass is 486 g/mol. The highest BCUT2D eigenvalue weighted by molar-refractivity contribution is 7.99. The van der Waals surface area contributed by atoms with Gasteiger partial charge >= 0.3 is 0 Å². The third kappa shape index (κ3) is 4.76. The van der Waals surface area contributed by atoms with Gasteiger partial charge in [-0.05, 0) is 49.4 Å². The fourth-order valence-corrected chi connectivity index (χ4v) is 4.53. The summed E-state index contributed by atoms with van der Waals surface area (Å²) in [7, 11) is 1.62. The summed E-state index contributed by atoms with van der Waals surface area (Å²) in [5.74, 6) is 1.78. The minimum atomic E-state index is -0.243. The molecule has 1 amide bonds. The molecule has 4 aromatic rings. The Morgan fingerprint density at radius 1 is 1.09 bits per heavy atom. The quantitative estimate of drug-likeness (QED) is 0.302. The second kappa shape index (κ2) is 9.63. The molecule has 5 rings (SSSR count). The predicted octanol–water partition coefficient (Wildman–Crippen LogP) is 4.56. The molecule has 1 N–H and O–H groups in total. The molecule has 9 heteroatoms. The standard InChI is InChI=1S/C26H22N4O4S/c1-16-3-5-17(6-4-16)25-28-29-26(30(25)19-8-10-20(33-2)11-9-19)35-15-22(31)18-7-12-23-21(13-18)27-24(32)14-34-23/h3-13H,14-15H2,1-2H3,(H,27,32). The molecule has 3 aromatic carbocycles. The number of hydrogen-bond acceptors (Lipinski definition) is 7. The Bertz CT molecular complexity index is 1400. The molecule has 0 radical (unpaired) electrons. The van der Waals surface area contributed by atoms with Gasteiger partial charge in [-0.3, -0.25) is 14.2 Å². The second-order valence-electron chi connectivity index (χ2n) is 7.97. The maximum atomic E-state index is 13.0. The average molecular weight is 487 g/mol. The molecule has 0 bridgehead atoms. The minimum Gasteiger partial charge on any atom is -0.497 e. The van der Waals surface area contributed by atoms with E-state index >= 15 is 0 Å². The highest BCUT2D eigenvalue weighted by Gasteiger charge is 2.20. The van der Waals surface area contributed by atoms with Gasteiger partial charge in [0.05, 0.1) is 18.6 Å². The highest BCUT2D eigenvalue weighted by Crippen LogP contribution is 2.31. The number of aryl methyl sites for hydroxylation is 1. The number of hydrogen-bond donors (Lipinski definition) is 1. The molecular weight excluding hydrogens is 464 g/mol. The van der Waals surface area contributed by atoms with E-state index in [9.17, 15) is 9.59 Å². The molecule has 1 aromatic heterocycles. The van der Waals surface area contributed by atoms with Gasteiger partial charge in [-0.25, -0.2) is 0 Å². The van der Waals surface area contributed by atoms with E-state index in [0.29, 0.717) is 28.0 Å². The van der Waals surface area contributed by atoms with Crippen LogP contribution in [0.4, 0.5) is 5.69 Å². The van der Waals surface area contributed by atoms with Crippen molar-refractivity contribution in [2.45, 2.75) is 12.1 Å². The Morgan fingerprint density at radius 3 is 2.60 bits per heavy atom. The van der Waals surface area contributed by atoms with E-state index in [-0.39, 0.29) is 24.1 Å². The number of nitrogens with one attached hydrogen (secondary N) is 1. The molecule has 8 nitrogen and oxygen atoms in total. The third-order valence-electron chi connectivity index (χ3n) is 5.54. The van der Waals surface area contributed by atoms with E-state index in [1.165, 1.54) is 11.8 Å². The maximum Gasteiger partial charge on any atom is 0.262 e. The first-order valence-electron chi connectivity index (χ1n) is 10.9. The first-order chi connectivity index (χ1) is 17.0. The van der Waals surface area contributed by atoms with E-state index in [4.69, 9.17) is 9.47 Å². The van der Waals surface area contributed by atoms with Crippen molar-refractivity contribution in [3.63, 3.8) is 0 Å². The molecule has 0 aliphatic carbocycles. The summed E-state index contributed by atoms with van der Waals surface area (Å²) in [5.41, 5.74) is 3.91. The van der Waals surface area contributed by atoms with Gasteiger partial charge in [-0.2, -0.15) is 0 Å². The minimum absolute atomic E-state index is 0.0273. The highest BCUT2D eigenvalue weighted by atomic mass is 32.2. The number of anilines is 1. The number of aromatic nitrogens is 3. The lowest BCUT2D eigenvalue weighted by atomic mass is 10.1. The fourth-order valence-electron chi connectivity index (χ4n) is 3.69. The van der Waals surface area contributed by atoms with E-state index < -0.39 is 0 Å². The number of carbonyl (C=O) groups is 2. The topological polar surface area (TPSA) is 95.3 Å². The summed E-state index contributed by atoms with van der Waals surface area (Å²) >= 11 is 1.30. The van der Waals surface area contributed by atoms with Crippen molar-refractivity contribution in [3.8, 4) is 28.6 Å². The third-order valence-corrected chi connectivity index (χ3v) is 6.47. The molecular formula is C26H22N4O4S. The zero-order valence-electron chi connectivity index (χ0n) is 19.1. The van der Waals surface area contributed by atoms with Crippen LogP contribution in [0.25, 0.3) is 17.1 Å². The van der Waals surface area contributed by atoms with Crippen molar-refractivity contribution in [1.82, 2.24) is 14.8 Å². The molecule has 35 heavy (non-hydrogen) atoms. The van der Waals surface area contributed by atoms with Gasteiger partial charge in [0.25, 0.3) is 5.91 Å². The zero-order chi connectivity index (χ0) is 24.4. The molecule has 0 atom stereocenters. The maximum absolute atomic E-state index is 13.0. The lowest BCUT2D eigenvalue weighted by Gasteiger charge is -2.18. The largest absolute Gasteiger partial charge is 0.497 e. The van der Waals surface area contributed by atoms with Gasteiger partial charge in [-0.15, -0.1) is 10.2 Å². The molecule has 2 heterocycles. The molecule has 0 saturated heterocycles. The van der Waals surface area contributed by atoms with Crippen molar-refractivity contribution in [2.24, 2.45) is 0 Å². The summed E-state index contributed by atoms with van der Waals surface area (Å²) in [6.07, 6.45) is 0. The summed E-state index contributed by atoms with van der Waals surface area (Å²) in [6.45, 7) is 2.00. The molecule has 0 unspecified atom stereocenters. The van der Waals surface area contributed by atoms with Crippen LogP contribution in [0, 0.1) is 6.92 Å². The molecule has 0 saturated carbocycles. The van der Waals surface area contributed by atoms with E-state index in [1.807, 2.05) is 60.0 Å². The Labute approximate surface area is 206 Å². The van der Waals surface area contributed by atoms with Crippen LogP contribution in [-0.2, 0) is 4.79 Å². The number of carbonyl (C=O) groups excluding carboxylic acids is 2. The van der Waals surface area contributed by atoms with Crippen LogP contribution < -0.4 is 14.8 Å². The number of Topliss-reactive ketones (excluding diaryl/α,β-unsaturated/α-hetero) is 1. The number of fused-ring (bicyclic) bond motifs is 1. The number of ketones is 1. The number of methoxy groups -OCH3 is 1. The van der Waals surface area contributed by atoms with Crippen LogP contribution in [-0.4, -0.2) is 45.9 Å². The first-order valence-corrected chi connectivity index (χ1v) is 11.9. The second-order valence-corrected chi connectivity index (χ2v) is 8.91. The van der Waals surface area contributed by atoms with Gasteiger partial charge in [0, 0.05) is 16.8 Å². The van der Waals surface area contributed by atoms with E-state index in [0.717, 1.165) is 22.6 Å². The Hall–Kier alpha value is -4.11. The van der Waals surface area contributed by atoms with Gasteiger partial charge in [-0.1, -0.05) is 41.6 Å². The number of benzene rings is 3. The molecule has 176 valence electrons. The number of rotatable bonds is 7. The van der Waals surface area contributed by atoms with Crippen LogP contribution in [0.1, 0.15) is 15.9 Å². The van der Waals surface area contributed by atoms with Gasteiger partial charge in [0.15, 0.2) is 23.4 Å². The molecule has 0 fully saturated rings. The molecule has 1 aliphatic heterocycles. The van der Waals surface area contributed by atoms with E-state index in [2.05, 4.69) is 15.5 Å². The van der Waals surface area contributed by atoms with Crippen molar-refractivity contribution in [2.75, 3.05) is 24.8 Å².